The van der Waals surface area contributed by atoms with Crippen molar-refractivity contribution in [3.63, 3.8) is 0 Å². The fourth-order valence-corrected chi connectivity index (χ4v) is 4.62. The van der Waals surface area contributed by atoms with Crippen LogP contribution < -0.4 is 9.64 Å². The number of carbonyl (C=O) groups is 3. The number of esters is 1. The van der Waals surface area contributed by atoms with Gasteiger partial charge in [0.1, 0.15) is 34.8 Å². The molecule has 10 heteroatoms. The third-order valence-corrected chi connectivity index (χ3v) is 6.34. The Bertz CT molecular complexity index is 1310. The number of amides is 1. The highest BCUT2D eigenvalue weighted by atomic mass is 32.1. The maximum absolute atomic E-state index is 13.2. The molecule has 1 unspecified atom stereocenters. The van der Waals surface area contributed by atoms with E-state index < -0.39 is 23.7 Å². The molecule has 9 nitrogen and oxygen atoms in total. The summed E-state index contributed by atoms with van der Waals surface area (Å²) in [4.78, 5) is 44.3. The van der Waals surface area contributed by atoms with Gasteiger partial charge in [0.2, 0.25) is 0 Å². The lowest BCUT2D eigenvalue weighted by molar-refractivity contribution is -0.132. The van der Waals surface area contributed by atoms with Gasteiger partial charge in [-0.3, -0.25) is 14.5 Å². The highest BCUT2D eigenvalue weighted by Crippen LogP contribution is 2.44. The van der Waals surface area contributed by atoms with E-state index in [4.69, 9.17) is 13.9 Å². The Hall–Kier alpha value is -4.18. The number of thiazole rings is 1. The number of ether oxygens (including phenoxy) is 2. The summed E-state index contributed by atoms with van der Waals surface area (Å²) in [7, 11) is 0. The minimum atomic E-state index is -1.08. The second-order valence-electron chi connectivity index (χ2n) is 7.44. The van der Waals surface area contributed by atoms with Gasteiger partial charge in [-0.2, -0.15) is 0 Å². The van der Waals surface area contributed by atoms with Crippen molar-refractivity contribution in [2.75, 3.05) is 18.1 Å². The smallest absolute Gasteiger partial charge is 0.350 e. The molecule has 180 valence electrons. The Morgan fingerprint density at radius 1 is 1.29 bits per heavy atom. The molecule has 0 aliphatic carbocycles. The first kappa shape index (κ1) is 24.0. The van der Waals surface area contributed by atoms with E-state index >= 15 is 0 Å². The minimum absolute atomic E-state index is 0.112. The van der Waals surface area contributed by atoms with Gasteiger partial charge >= 0.3 is 11.9 Å². The van der Waals surface area contributed by atoms with Crippen LogP contribution in [0.25, 0.3) is 5.76 Å². The van der Waals surface area contributed by atoms with E-state index in [0.717, 1.165) is 16.2 Å². The van der Waals surface area contributed by atoms with Crippen LogP contribution in [-0.2, 0) is 14.3 Å². The van der Waals surface area contributed by atoms with E-state index in [1.54, 1.807) is 56.3 Å². The molecule has 1 saturated heterocycles. The number of aryl methyl sites for hydroxylation is 1. The second-order valence-corrected chi connectivity index (χ2v) is 8.42. The van der Waals surface area contributed by atoms with Crippen LogP contribution >= 0.6 is 11.3 Å². The summed E-state index contributed by atoms with van der Waals surface area (Å²) >= 11 is 0.927. The molecule has 35 heavy (non-hydrogen) atoms. The van der Waals surface area contributed by atoms with Gasteiger partial charge < -0.3 is 19.0 Å². The summed E-state index contributed by atoms with van der Waals surface area (Å²) in [6.45, 7) is 7.39. The number of nitrogens with zero attached hydrogens (tertiary/aromatic N) is 2. The quantitative estimate of drug-likeness (QED) is 0.161. The molecule has 0 bridgehead atoms. The van der Waals surface area contributed by atoms with Crippen LogP contribution in [0.4, 0.5) is 5.13 Å². The molecule has 1 N–H and O–H groups in total. The first-order valence-electron chi connectivity index (χ1n) is 10.7. The number of rotatable bonds is 8. The molecular formula is C25H22N2O7S. The highest BCUT2D eigenvalue weighted by Gasteiger charge is 2.49. The van der Waals surface area contributed by atoms with Crippen molar-refractivity contribution in [2.45, 2.75) is 19.9 Å². The molecule has 1 aromatic carbocycles. The number of aliphatic hydroxyl groups is 1. The van der Waals surface area contributed by atoms with E-state index in [1.165, 1.54) is 6.26 Å². The number of carbonyl (C=O) groups excluding carboxylic acids is 3. The van der Waals surface area contributed by atoms with E-state index in [2.05, 4.69) is 11.6 Å². The standard InChI is InChI=1S/C25H22N2O7S/c1-4-12-33-16-10-8-15(9-11-16)20(28)18-19(17-7-6-13-34-17)27(23(30)21(18)29)25-26-14(3)22(35-25)24(31)32-5-2/h4,6-11,13,19,28H,1,5,12H2,2-3H3/b20-18+. The van der Waals surface area contributed by atoms with Crippen LogP contribution in [0.1, 0.15) is 39.7 Å². The van der Waals surface area contributed by atoms with Gasteiger partial charge in [0, 0.05) is 5.56 Å². The van der Waals surface area contributed by atoms with E-state index in [-0.39, 0.29) is 33.7 Å². The number of benzene rings is 1. The molecule has 4 rings (SSSR count). The van der Waals surface area contributed by atoms with E-state index in [1.807, 2.05) is 0 Å². The largest absolute Gasteiger partial charge is 0.507 e. The Balaban J connectivity index is 1.80. The van der Waals surface area contributed by atoms with Crippen molar-refractivity contribution in [1.82, 2.24) is 4.98 Å². The van der Waals surface area contributed by atoms with Gasteiger partial charge in [-0.1, -0.05) is 24.0 Å². The lowest BCUT2D eigenvalue weighted by Crippen LogP contribution is -2.29. The minimum Gasteiger partial charge on any atom is -0.507 e. The monoisotopic (exact) mass is 494 g/mol. The Morgan fingerprint density at radius 2 is 2.03 bits per heavy atom. The van der Waals surface area contributed by atoms with Crippen LogP contribution in [0, 0.1) is 6.92 Å². The summed E-state index contributed by atoms with van der Waals surface area (Å²) in [6, 6.07) is 8.54. The van der Waals surface area contributed by atoms with E-state index in [0.29, 0.717) is 23.6 Å². The summed E-state index contributed by atoms with van der Waals surface area (Å²) < 4.78 is 16.0. The zero-order chi connectivity index (χ0) is 25.1. The number of aliphatic hydroxyl groups excluding tert-OH is 1. The van der Waals surface area contributed by atoms with Crippen molar-refractivity contribution < 1.29 is 33.4 Å². The Kier molecular flexibility index (Phi) is 6.83. The van der Waals surface area contributed by atoms with Crippen LogP contribution in [0.5, 0.6) is 5.75 Å². The SMILES string of the molecule is C=CCOc1ccc(/C(O)=C2\C(=O)C(=O)N(c3nc(C)c(C(=O)OCC)s3)C2c2ccco2)cc1. The molecule has 3 aromatic rings. The third-order valence-electron chi connectivity index (χ3n) is 5.20. The molecule has 1 fully saturated rings. The van der Waals surface area contributed by atoms with Gasteiger partial charge in [0.25, 0.3) is 5.78 Å². The average molecular weight is 495 g/mol. The van der Waals surface area contributed by atoms with Gasteiger partial charge in [-0.25, -0.2) is 9.78 Å². The topological polar surface area (TPSA) is 119 Å². The molecule has 0 radical (unpaired) electrons. The lowest BCUT2D eigenvalue weighted by atomic mass is 9.99. The van der Waals surface area contributed by atoms with Crippen LogP contribution in [-0.4, -0.2) is 41.0 Å². The number of anilines is 1. The second kappa shape index (κ2) is 9.98. The molecule has 2 aromatic heterocycles. The predicted octanol–water partition coefficient (Wildman–Crippen LogP) is 4.41. The number of ketones is 1. The normalized spacial score (nSPS) is 17.0. The van der Waals surface area contributed by atoms with Gasteiger partial charge in [0.15, 0.2) is 5.13 Å². The molecule has 1 amide bonds. The fraction of sp³-hybridized carbons (Fsp3) is 0.200. The van der Waals surface area contributed by atoms with Crippen molar-refractivity contribution in [2.24, 2.45) is 0 Å². The lowest BCUT2D eigenvalue weighted by Gasteiger charge is -2.20. The van der Waals surface area contributed by atoms with Crippen LogP contribution in [0.15, 0.2) is 65.3 Å². The molecular weight excluding hydrogens is 472 g/mol. The molecule has 0 saturated carbocycles. The van der Waals surface area contributed by atoms with Crippen molar-refractivity contribution in [3.8, 4) is 5.75 Å². The highest BCUT2D eigenvalue weighted by molar-refractivity contribution is 7.17. The molecule has 3 heterocycles. The summed E-state index contributed by atoms with van der Waals surface area (Å²) in [5.41, 5.74) is 0.516. The molecule has 1 aliphatic rings. The number of Topliss-reactive ketones (excluding diaryl/α,β-unsaturated/α-hetero) is 1. The molecule has 1 atom stereocenters. The van der Waals surface area contributed by atoms with Crippen LogP contribution in [0.3, 0.4) is 0 Å². The van der Waals surface area contributed by atoms with E-state index in [9.17, 15) is 19.5 Å². The fourth-order valence-electron chi connectivity index (χ4n) is 3.64. The molecule has 0 spiro atoms. The first-order valence-corrected chi connectivity index (χ1v) is 11.5. The van der Waals surface area contributed by atoms with Crippen LogP contribution in [0.2, 0.25) is 0 Å². The van der Waals surface area contributed by atoms with Crippen molar-refractivity contribution in [3.05, 3.63) is 82.8 Å². The first-order chi connectivity index (χ1) is 16.9. The zero-order valence-electron chi connectivity index (χ0n) is 19.0. The predicted molar refractivity (Wildman–Crippen MR) is 128 cm³/mol. The average Bonchev–Trinajstić information content (AvgIpc) is 3.57. The maximum atomic E-state index is 13.2. The van der Waals surface area contributed by atoms with Crippen molar-refractivity contribution in [1.29, 1.82) is 0 Å². The number of furan rings is 1. The summed E-state index contributed by atoms with van der Waals surface area (Å²) in [5.74, 6) is -1.94. The van der Waals surface area contributed by atoms with Gasteiger partial charge in [-0.15, -0.1) is 0 Å². The van der Waals surface area contributed by atoms with Crippen molar-refractivity contribution >= 4 is 39.9 Å². The maximum Gasteiger partial charge on any atom is 0.350 e. The van der Waals surface area contributed by atoms with Gasteiger partial charge in [0.05, 0.1) is 24.1 Å². The number of aromatic nitrogens is 1. The summed E-state index contributed by atoms with van der Waals surface area (Å²) in [5, 5.41) is 11.2. The Morgan fingerprint density at radius 3 is 2.66 bits per heavy atom. The summed E-state index contributed by atoms with van der Waals surface area (Å²) in [6.07, 6.45) is 3.00. The third kappa shape index (κ3) is 4.47. The number of hydrogen-bond donors (Lipinski definition) is 1. The zero-order valence-corrected chi connectivity index (χ0v) is 19.8. The number of hydrogen-bond acceptors (Lipinski definition) is 9. The van der Waals surface area contributed by atoms with Gasteiger partial charge in [-0.05, 0) is 50.2 Å². The Labute approximate surface area is 204 Å². The molecule has 1 aliphatic heterocycles.